The van der Waals surface area contributed by atoms with E-state index in [1.54, 1.807) is 37.9 Å². The number of amides is 1. The summed E-state index contributed by atoms with van der Waals surface area (Å²) in [5.41, 5.74) is 2.82. The van der Waals surface area contributed by atoms with Gasteiger partial charge in [-0.05, 0) is 45.4 Å². The predicted octanol–water partition coefficient (Wildman–Crippen LogP) is 2.36. The van der Waals surface area contributed by atoms with Gasteiger partial charge in [0.15, 0.2) is 0 Å². The van der Waals surface area contributed by atoms with E-state index >= 15 is 0 Å². The van der Waals surface area contributed by atoms with Crippen LogP contribution in [0.3, 0.4) is 0 Å². The minimum atomic E-state index is -0.392. The summed E-state index contributed by atoms with van der Waals surface area (Å²) in [5.74, 6) is 0.272. The van der Waals surface area contributed by atoms with Crippen LogP contribution in [0.25, 0.3) is 10.6 Å². The summed E-state index contributed by atoms with van der Waals surface area (Å²) in [6.45, 7) is 9.87. The molecule has 1 saturated heterocycles. The van der Waals surface area contributed by atoms with Gasteiger partial charge in [0.1, 0.15) is 15.7 Å². The van der Waals surface area contributed by atoms with Gasteiger partial charge >= 0.3 is 5.97 Å². The van der Waals surface area contributed by atoms with E-state index in [2.05, 4.69) is 20.0 Å². The van der Waals surface area contributed by atoms with Gasteiger partial charge in [-0.1, -0.05) is 0 Å². The van der Waals surface area contributed by atoms with Gasteiger partial charge in [0, 0.05) is 39.4 Å². The molecule has 1 fully saturated rings. The Morgan fingerprint density at radius 1 is 1.09 bits per heavy atom. The van der Waals surface area contributed by atoms with E-state index in [1.165, 1.54) is 22.2 Å². The van der Waals surface area contributed by atoms with Crippen LogP contribution in [0.15, 0.2) is 23.1 Å². The topological polar surface area (TPSA) is 111 Å². The Balaban J connectivity index is 1.47. The fourth-order valence-corrected chi connectivity index (χ4v) is 5.12. The summed E-state index contributed by atoms with van der Waals surface area (Å²) in [4.78, 5) is 51.3. The smallest absolute Gasteiger partial charge is 0.339 e. The molecule has 3 aromatic heterocycles. The summed E-state index contributed by atoms with van der Waals surface area (Å²) < 4.78 is 6.31. The Morgan fingerprint density at radius 2 is 1.80 bits per heavy atom. The minimum absolute atomic E-state index is 0.0863. The van der Waals surface area contributed by atoms with Crippen LogP contribution in [0, 0.1) is 20.8 Å². The van der Waals surface area contributed by atoms with E-state index in [9.17, 15) is 14.4 Å². The maximum Gasteiger partial charge on any atom is 0.339 e. The number of thiazole rings is 1. The molecule has 4 rings (SSSR count). The SMILES string of the molecule is CCOC(=O)c1ccc(N2CCN(C(=O)c3sc(-c4c(C)c(C)nn(C)c4=O)nc3C)CC2)nc1. The third-order valence-corrected chi connectivity index (χ3v) is 7.24. The molecule has 0 aliphatic carbocycles. The van der Waals surface area contributed by atoms with Crippen molar-refractivity contribution in [3.8, 4) is 10.6 Å². The average molecular weight is 497 g/mol. The lowest BCUT2D eigenvalue weighted by Gasteiger charge is -2.35. The first kappa shape index (κ1) is 24.5. The lowest BCUT2D eigenvalue weighted by Crippen LogP contribution is -2.49. The standard InChI is InChI=1S/C24H28N6O4S/c1-6-34-24(33)17-7-8-18(25-13-17)29-9-11-30(12-10-29)23(32)20-16(4)26-21(35-20)19-14(2)15(3)27-28(5)22(19)31/h7-8,13H,6,9-12H2,1-5H3. The molecule has 3 aromatic rings. The van der Waals surface area contributed by atoms with Crippen LogP contribution in [0.2, 0.25) is 0 Å². The van der Waals surface area contributed by atoms with E-state index in [0.29, 0.717) is 59.5 Å². The van der Waals surface area contributed by atoms with Crippen LogP contribution >= 0.6 is 11.3 Å². The largest absolute Gasteiger partial charge is 0.462 e. The summed E-state index contributed by atoms with van der Waals surface area (Å²) in [7, 11) is 1.61. The number of piperazine rings is 1. The molecule has 11 heteroatoms. The molecular weight excluding hydrogens is 468 g/mol. The maximum absolute atomic E-state index is 13.3. The van der Waals surface area contributed by atoms with E-state index in [1.807, 2.05) is 13.8 Å². The minimum Gasteiger partial charge on any atom is -0.462 e. The van der Waals surface area contributed by atoms with Crippen molar-refractivity contribution in [1.29, 1.82) is 0 Å². The normalized spacial score (nSPS) is 13.7. The number of hydrogen-bond acceptors (Lipinski definition) is 9. The Labute approximate surface area is 207 Å². The highest BCUT2D eigenvalue weighted by molar-refractivity contribution is 7.17. The Kier molecular flexibility index (Phi) is 6.97. The van der Waals surface area contributed by atoms with Crippen LogP contribution in [-0.2, 0) is 11.8 Å². The number of aromatic nitrogens is 4. The van der Waals surface area contributed by atoms with Crippen molar-refractivity contribution in [1.82, 2.24) is 24.6 Å². The summed E-state index contributed by atoms with van der Waals surface area (Å²) in [6, 6.07) is 3.50. The molecular formula is C24H28N6O4S. The summed E-state index contributed by atoms with van der Waals surface area (Å²) in [5, 5.41) is 4.76. The molecule has 184 valence electrons. The van der Waals surface area contributed by atoms with Crippen LogP contribution < -0.4 is 10.5 Å². The maximum atomic E-state index is 13.3. The quantitative estimate of drug-likeness (QED) is 0.495. The van der Waals surface area contributed by atoms with Crippen molar-refractivity contribution in [2.24, 2.45) is 7.05 Å². The van der Waals surface area contributed by atoms with E-state index in [-0.39, 0.29) is 11.5 Å². The molecule has 0 saturated carbocycles. The predicted molar refractivity (Wildman–Crippen MR) is 133 cm³/mol. The molecule has 0 spiro atoms. The van der Waals surface area contributed by atoms with Crippen molar-refractivity contribution in [2.75, 3.05) is 37.7 Å². The molecule has 35 heavy (non-hydrogen) atoms. The second-order valence-corrected chi connectivity index (χ2v) is 9.35. The van der Waals surface area contributed by atoms with Crippen molar-refractivity contribution >= 4 is 29.0 Å². The molecule has 0 atom stereocenters. The van der Waals surface area contributed by atoms with Gasteiger partial charge in [0.25, 0.3) is 11.5 Å². The number of pyridine rings is 1. The highest BCUT2D eigenvalue weighted by atomic mass is 32.1. The fourth-order valence-electron chi connectivity index (χ4n) is 3.99. The number of anilines is 1. The highest BCUT2D eigenvalue weighted by Crippen LogP contribution is 2.30. The zero-order chi connectivity index (χ0) is 25.3. The second kappa shape index (κ2) is 9.95. The number of nitrogens with zero attached hydrogens (tertiary/aromatic N) is 6. The zero-order valence-electron chi connectivity index (χ0n) is 20.5. The van der Waals surface area contributed by atoms with E-state index in [4.69, 9.17) is 4.74 Å². The number of esters is 1. The van der Waals surface area contributed by atoms with Crippen LogP contribution in [0.5, 0.6) is 0 Å². The molecule has 0 unspecified atom stereocenters. The third-order valence-electron chi connectivity index (χ3n) is 6.08. The summed E-state index contributed by atoms with van der Waals surface area (Å²) >= 11 is 1.25. The lowest BCUT2D eigenvalue weighted by atomic mass is 10.1. The van der Waals surface area contributed by atoms with Crippen molar-refractivity contribution in [3.05, 3.63) is 56.1 Å². The monoisotopic (exact) mass is 496 g/mol. The van der Waals surface area contributed by atoms with Crippen LogP contribution in [0.1, 0.15) is 43.9 Å². The van der Waals surface area contributed by atoms with Gasteiger partial charge in [0.05, 0.1) is 29.1 Å². The Hall–Kier alpha value is -3.60. The van der Waals surface area contributed by atoms with Gasteiger partial charge in [-0.3, -0.25) is 9.59 Å². The fraction of sp³-hybridized carbons (Fsp3) is 0.417. The van der Waals surface area contributed by atoms with Gasteiger partial charge in [-0.25, -0.2) is 19.4 Å². The first-order chi connectivity index (χ1) is 16.7. The lowest BCUT2D eigenvalue weighted by molar-refractivity contribution is 0.0525. The van der Waals surface area contributed by atoms with Crippen LogP contribution in [0.4, 0.5) is 5.82 Å². The van der Waals surface area contributed by atoms with Gasteiger partial charge < -0.3 is 14.5 Å². The Bertz CT molecular complexity index is 1320. The van der Waals surface area contributed by atoms with E-state index < -0.39 is 5.97 Å². The highest BCUT2D eigenvalue weighted by Gasteiger charge is 2.27. The molecule has 4 heterocycles. The average Bonchev–Trinajstić information content (AvgIpc) is 3.24. The van der Waals surface area contributed by atoms with Crippen molar-refractivity contribution in [3.63, 3.8) is 0 Å². The number of rotatable bonds is 5. The van der Waals surface area contributed by atoms with Gasteiger partial charge in [0.2, 0.25) is 0 Å². The molecule has 1 amide bonds. The number of carbonyl (C=O) groups is 2. The molecule has 1 aliphatic heterocycles. The number of hydrogen-bond donors (Lipinski definition) is 0. The first-order valence-corrected chi connectivity index (χ1v) is 12.2. The van der Waals surface area contributed by atoms with Gasteiger partial charge in [-0.2, -0.15) is 5.10 Å². The van der Waals surface area contributed by atoms with Crippen molar-refractivity contribution < 1.29 is 14.3 Å². The van der Waals surface area contributed by atoms with Crippen LogP contribution in [-0.4, -0.2) is 69.3 Å². The third kappa shape index (κ3) is 4.81. The molecule has 1 aliphatic rings. The summed E-state index contributed by atoms with van der Waals surface area (Å²) in [6.07, 6.45) is 1.51. The molecule has 10 nitrogen and oxygen atoms in total. The Morgan fingerprint density at radius 3 is 2.43 bits per heavy atom. The van der Waals surface area contributed by atoms with E-state index in [0.717, 1.165) is 17.1 Å². The second-order valence-electron chi connectivity index (χ2n) is 8.35. The van der Waals surface area contributed by atoms with Crippen molar-refractivity contribution in [2.45, 2.75) is 27.7 Å². The number of aryl methyl sites for hydroxylation is 3. The molecule has 0 radical (unpaired) electrons. The number of carbonyl (C=O) groups excluding carboxylic acids is 2. The molecule has 0 bridgehead atoms. The van der Waals surface area contributed by atoms with Gasteiger partial charge in [-0.15, -0.1) is 11.3 Å². The number of ether oxygens (including phenoxy) is 1. The molecule has 0 aromatic carbocycles. The first-order valence-electron chi connectivity index (χ1n) is 11.4. The molecule has 0 N–H and O–H groups in total. The zero-order valence-corrected chi connectivity index (χ0v) is 21.3.